The Morgan fingerprint density at radius 1 is 1.28 bits per heavy atom. The largest absolute Gasteiger partial charge is 0.493 e. The van der Waals surface area contributed by atoms with Crippen LogP contribution >= 0.6 is 11.8 Å². The molecule has 0 saturated carbocycles. The third-order valence-electron chi connectivity index (χ3n) is 2.81. The molecule has 1 heterocycles. The van der Waals surface area contributed by atoms with Crippen molar-refractivity contribution in [2.24, 2.45) is 0 Å². The number of unbranched alkanes of at least 4 members (excludes halogenated alkanes) is 3. The molecule has 1 rings (SSSR count). The maximum Gasteiger partial charge on any atom is 0.160 e. The Kier molecular flexibility index (Phi) is 7.65. The van der Waals surface area contributed by atoms with Gasteiger partial charge in [0.05, 0.1) is 19.0 Å². The van der Waals surface area contributed by atoms with E-state index in [1.165, 1.54) is 31.4 Å². The van der Waals surface area contributed by atoms with Gasteiger partial charge in [0.1, 0.15) is 0 Å². The van der Waals surface area contributed by atoms with E-state index in [9.17, 15) is 0 Å². The number of rotatable bonds is 9. The number of hydrogen-bond donors (Lipinski definition) is 1. The minimum Gasteiger partial charge on any atom is -0.493 e. The Hall–Kier alpha value is -0.900. The second-order valence-electron chi connectivity index (χ2n) is 4.36. The monoisotopic (exact) mass is 268 g/mol. The van der Waals surface area contributed by atoms with Gasteiger partial charge in [-0.1, -0.05) is 12.8 Å². The van der Waals surface area contributed by atoms with Crippen LogP contribution in [-0.4, -0.2) is 30.6 Å². The third kappa shape index (κ3) is 5.63. The lowest BCUT2D eigenvalue weighted by Crippen LogP contribution is -2.04. The highest BCUT2D eigenvalue weighted by molar-refractivity contribution is 7.98. The molecule has 0 atom stereocenters. The van der Waals surface area contributed by atoms with Gasteiger partial charge in [0.25, 0.3) is 0 Å². The smallest absolute Gasteiger partial charge is 0.160 e. The van der Waals surface area contributed by atoms with Gasteiger partial charge in [-0.3, -0.25) is 4.98 Å². The average molecular weight is 268 g/mol. The van der Waals surface area contributed by atoms with E-state index < -0.39 is 0 Å². The lowest BCUT2D eigenvalue weighted by molar-refractivity contribution is 0.414. The zero-order chi connectivity index (χ0) is 13.2. The van der Waals surface area contributed by atoms with E-state index in [1.807, 2.05) is 24.8 Å². The second-order valence-corrected chi connectivity index (χ2v) is 5.35. The molecule has 0 bridgehead atoms. The van der Waals surface area contributed by atoms with Crippen molar-refractivity contribution in [1.82, 2.24) is 4.98 Å². The van der Waals surface area contributed by atoms with Crippen LogP contribution < -0.4 is 10.1 Å². The highest BCUT2D eigenvalue weighted by atomic mass is 32.2. The SMILES string of the molecule is COc1cnc(C)cc1NCCCCCCSC. The molecule has 0 saturated heterocycles. The first kappa shape index (κ1) is 15.2. The van der Waals surface area contributed by atoms with Crippen molar-refractivity contribution >= 4 is 17.4 Å². The Balaban J connectivity index is 2.24. The fraction of sp³-hybridized carbons (Fsp3) is 0.643. The van der Waals surface area contributed by atoms with Gasteiger partial charge < -0.3 is 10.1 Å². The van der Waals surface area contributed by atoms with Crippen LogP contribution in [-0.2, 0) is 0 Å². The zero-order valence-electron chi connectivity index (χ0n) is 11.7. The van der Waals surface area contributed by atoms with Crippen molar-refractivity contribution in [3.8, 4) is 5.75 Å². The van der Waals surface area contributed by atoms with Gasteiger partial charge in [0.15, 0.2) is 5.75 Å². The number of thioether (sulfide) groups is 1. The molecule has 1 aromatic rings. The first-order valence-corrected chi connectivity index (χ1v) is 7.90. The molecule has 0 spiro atoms. The Morgan fingerprint density at radius 3 is 2.78 bits per heavy atom. The summed E-state index contributed by atoms with van der Waals surface area (Å²) in [5.41, 5.74) is 2.06. The summed E-state index contributed by atoms with van der Waals surface area (Å²) < 4.78 is 5.28. The number of pyridine rings is 1. The number of nitrogens with zero attached hydrogens (tertiary/aromatic N) is 1. The fourth-order valence-corrected chi connectivity index (χ4v) is 2.29. The molecule has 102 valence electrons. The van der Waals surface area contributed by atoms with Crippen molar-refractivity contribution in [2.45, 2.75) is 32.6 Å². The van der Waals surface area contributed by atoms with Gasteiger partial charge in [-0.15, -0.1) is 0 Å². The maximum absolute atomic E-state index is 5.28. The molecule has 0 amide bonds. The molecule has 0 aliphatic carbocycles. The summed E-state index contributed by atoms with van der Waals surface area (Å²) in [6.07, 6.45) is 9.10. The predicted molar refractivity (Wildman–Crippen MR) is 80.9 cm³/mol. The summed E-state index contributed by atoms with van der Waals surface area (Å²) >= 11 is 1.93. The van der Waals surface area contributed by atoms with Crippen molar-refractivity contribution < 1.29 is 4.74 Å². The van der Waals surface area contributed by atoms with Crippen molar-refractivity contribution in [2.75, 3.05) is 31.0 Å². The lowest BCUT2D eigenvalue weighted by atomic mass is 10.2. The van der Waals surface area contributed by atoms with E-state index >= 15 is 0 Å². The van der Waals surface area contributed by atoms with Crippen molar-refractivity contribution in [3.05, 3.63) is 18.0 Å². The van der Waals surface area contributed by atoms with E-state index in [1.54, 1.807) is 13.3 Å². The van der Waals surface area contributed by atoms with Crippen LogP contribution in [0.4, 0.5) is 5.69 Å². The van der Waals surface area contributed by atoms with Gasteiger partial charge in [-0.25, -0.2) is 0 Å². The van der Waals surface area contributed by atoms with Gasteiger partial charge in [-0.05, 0) is 37.8 Å². The predicted octanol–water partition coefficient (Wildman–Crippen LogP) is 3.73. The molecule has 4 heteroatoms. The van der Waals surface area contributed by atoms with Gasteiger partial charge in [-0.2, -0.15) is 11.8 Å². The number of aromatic nitrogens is 1. The van der Waals surface area contributed by atoms with Crippen molar-refractivity contribution in [1.29, 1.82) is 0 Å². The van der Waals surface area contributed by atoms with E-state index in [0.29, 0.717) is 0 Å². The number of nitrogens with one attached hydrogen (secondary N) is 1. The highest BCUT2D eigenvalue weighted by Crippen LogP contribution is 2.23. The molecular weight excluding hydrogens is 244 g/mol. The first-order valence-electron chi connectivity index (χ1n) is 6.51. The molecule has 0 aromatic carbocycles. The summed E-state index contributed by atoms with van der Waals surface area (Å²) in [7, 11) is 1.68. The summed E-state index contributed by atoms with van der Waals surface area (Å²) in [5, 5.41) is 3.43. The molecule has 0 unspecified atom stereocenters. The number of ether oxygens (including phenoxy) is 1. The molecule has 0 aliphatic heterocycles. The molecule has 18 heavy (non-hydrogen) atoms. The van der Waals surface area contributed by atoms with Crippen LogP contribution in [0.2, 0.25) is 0 Å². The minimum atomic E-state index is 0.822. The molecule has 0 radical (unpaired) electrons. The van der Waals surface area contributed by atoms with E-state index in [4.69, 9.17) is 4.74 Å². The minimum absolute atomic E-state index is 0.822. The third-order valence-corrected chi connectivity index (χ3v) is 3.51. The van der Waals surface area contributed by atoms with Crippen LogP contribution in [0.1, 0.15) is 31.4 Å². The first-order chi connectivity index (χ1) is 8.77. The van der Waals surface area contributed by atoms with Gasteiger partial charge in [0.2, 0.25) is 0 Å². The Morgan fingerprint density at radius 2 is 2.06 bits per heavy atom. The van der Waals surface area contributed by atoms with Crippen LogP contribution in [0.5, 0.6) is 5.75 Å². The number of aryl methyl sites for hydroxylation is 1. The number of methoxy groups -OCH3 is 1. The molecule has 0 aliphatic rings. The lowest BCUT2D eigenvalue weighted by Gasteiger charge is -2.11. The normalized spacial score (nSPS) is 10.4. The average Bonchev–Trinajstić information content (AvgIpc) is 2.38. The van der Waals surface area contributed by atoms with Crippen LogP contribution in [0, 0.1) is 6.92 Å². The Bertz CT molecular complexity index is 345. The zero-order valence-corrected chi connectivity index (χ0v) is 12.5. The standard InChI is InChI=1S/C14H24N2OS/c1-12-10-13(14(17-2)11-16-12)15-8-6-4-5-7-9-18-3/h10-11H,4-9H2,1-3H3,(H,15,16). The van der Waals surface area contributed by atoms with Gasteiger partial charge >= 0.3 is 0 Å². The van der Waals surface area contributed by atoms with E-state index in [2.05, 4.69) is 16.6 Å². The molecule has 3 nitrogen and oxygen atoms in total. The molecule has 0 fully saturated rings. The van der Waals surface area contributed by atoms with Gasteiger partial charge in [0, 0.05) is 12.2 Å². The van der Waals surface area contributed by atoms with E-state index in [-0.39, 0.29) is 0 Å². The quantitative estimate of drug-likeness (QED) is 0.692. The topological polar surface area (TPSA) is 34.1 Å². The molecule has 1 aromatic heterocycles. The summed E-state index contributed by atoms with van der Waals surface area (Å²) in [4.78, 5) is 4.22. The second kappa shape index (κ2) is 9.09. The molecule has 1 N–H and O–H groups in total. The van der Waals surface area contributed by atoms with Crippen LogP contribution in [0.25, 0.3) is 0 Å². The number of hydrogen-bond acceptors (Lipinski definition) is 4. The van der Waals surface area contributed by atoms with Crippen molar-refractivity contribution in [3.63, 3.8) is 0 Å². The van der Waals surface area contributed by atoms with E-state index in [0.717, 1.165) is 23.7 Å². The van der Waals surface area contributed by atoms with Crippen LogP contribution in [0.3, 0.4) is 0 Å². The summed E-state index contributed by atoms with van der Waals surface area (Å²) in [5.74, 6) is 2.10. The summed E-state index contributed by atoms with van der Waals surface area (Å²) in [6.45, 7) is 2.99. The maximum atomic E-state index is 5.28. The summed E-state index contributed by atoms with van der Waals surface area (Å²) in [6, 6.07) is 2.03. The fourth-order valence-electron chi connectivity index (χ4n) is 1.80. The van der Waals surface area contributed by atoms with Crippen LogP contribution in [0.15, 0.2) is 12.3 Å². The Labute approximate surface area is 115 Å². The number of anilines is 1. The molecular formula is C14H24N2OS. The highest BCUT2D eigenvalue weighted by Gasteiger charge is 2.02.